The summed E-state index contributed by atoms with van der Waals surface area (Å²) in [6.07, 6.45) is 0. The van der Waals surface area contributed by atoms with Gasteiger partial charge in [-0.2, -0.15) is 0 Å². The first kappa shape index (κ1) is 17.7. The van der Waals surface area contributed by atoms with Crippen LogP contribution in [0.4, 0.5) is 4.39 Å². The molecule has 4 aromatic rings. The molecule has 0 radical (unpaired) electrons. The fourth-order valence-electron chi connectivity index (χ4n) is 3.08. The number of halogens is 1. The van der Waals surface area contributed by atoms with E-state index in [1.165, 1.54) is 36.4 Å². The van der Waals surface area contributed by atoms with Gasteiger partial charge in [0.1, 0.15) is 22.9 Å². The first-order chi connectivity index (χ1) is 13.5. The SMILES string of the molecule is Cc1oc2cc(OC(=O)c3ccccc3F)ccc2c(=O)c1-c1ccccc1. The van der Waals surface area contributed by atoms with Gasteiger partial charge in [-0.15, -0.1) is 0 Å². The molecule has 4 nitrogen and oxygen atoms in total. The number of hydrogen-bond acceptors (Lipinski definition) is 4. The van der Waals surface area contributed by atoms with Gasteiger partial charge < -0.3 is 9.15 Å². The molecule has 0 saturated heterocycles. The van der Waals surface area contributed by atoms with Gasteiger partial charge in [-0.25, -0.2) is 9.18 Å². The minimum Gasteiger partial charge on any atom is -0.460 e. The maximum atomic E-state index is 13.7. The molecule has 0 amide bonds. The van der Waals surface area contributed by atoms with Crippen LogP contribution >= 0.6 is 0 Å². The number of fused-ring (bicyclic) bond motifs is 1. The van der Waals surface area contributed by atoms with E-state index in [0.717, 1.165) is 5.56 Å². The summed E-state index contributed by atoms with van der Waals surface area (Å²) in [6, 6.07) is 19.3. The molecule has 0 aliphatic heterocycles. The predicted molar refractivity (Wildman–Crippen MR) is 104 cm³/mol. The average Bonchev–Trinajstić information content (AvgIpc) is 2.69. The molecule has 4 rings (SSSR count). The van der Waals surface area contributed by atoms with Gasteiger partial charge in [-0.1, -0.05) is 42.5 Å². The molecule has 138 valence electrons. The van der Waals surface area contributed by atoms with Gasteiger partial charge in [0.25, 0.3) is 0 Å². The molecule has 1 heterocycles. The second-order valence-electron chi connectivity index (χ2n) is 6.26. The zero-order valence-corrected chi connectivity index (χ0v) is 14.9. The maximum absolute atomic E-state index is 13.7. The van der Waals surface area contributed by atoms with Gasteiger partial charge in [0, 0.05) is 6.07 Å². The number of aryl methyl sites for hydroxylation is 1. The smallest absolute Gasteiger partial charge is 0.346 e. The van der Waals surface area contributed by atoms with E-state index in [4.69, 9.17) is 9.15 Å². The van der Waals surface area contributed by atoms with Crippen LogP contribution in [0.15, 0.2) is 82.0 Å². The molecule has 0 unspecified atom stereocenters. The Kier molecular flexibility index (Phi) is 4.49. The third-order valence-corrected chi connectivity index (χ3v) is 4.41. The highest BCUT2D eigenvalue weighted by Crippen LogP contribution is 2.26. The van der Waals surface area contributed by atoms with Gasteiger partial charge in [0.05, 0.1) is 16.5 Å². The van der Waals surface area contributed by atoms with Crippen molar-refractivity contribution in [2.24, 2.45) is 0 Å². The summed E-state index contributed by atoms with van der Waals surface area (Å²) in [5.74, 6) is -0.863. The number of hydrogen-bond donors (Lipinski definition) is 0. The van der Waals surface area contributed by atoms with Crippen LogP contribution in [0.2, 0.25) is 0 Å². The third kappa shape index (κ3) is 3.18. The maximum Gasteiger partial charge on any atom is 0.346 e. The molecular formula is C23H15FO4. The Morgan fingerprint density at radius 2 is 1.68 bits per heavy atom. The average molecular weight is 374 g/mol. The van der Waals surface area contributed by atoms with Crippen LogP contribution in [-0.2, 0) is 0 Å². The van der Waals surface area contributed by atoms with Gasteiger partial charge in [-0.3, -0.25) is 4.79 Å². The van der Waals surface area contributed by atoms with E-state index in [2.05, 4.69) is 0 Å². The zero-order valence-electron chi connectivity index (χ0n) is 14.9. The van der Waals surface area contributed by atoms with E-state index in [-0.39, 0.29) is 16.7 Å². The molecule has 0 saturated carbocycles. The zero-order chi connectivity index (χ0) is 19.7. The monoisotopic (exact) mass is 374 g/mol. The lowest BCUT2D eigenvalue weighted by molar-refractivity contribution is 0.0730. The Morgan fingerprint density at radius 1 is 0.964 bits per heavy atom. The Hall–Kier alpha value is -3.73. The summed E-state index contributed by atoms with van der Waals surface area (Å²) in [7, 11) is 0. The molecule has 0 fully saturated rings. The van der Waals surface area contributed by atoms with Crippen molar-refractivity contribution < 1.29 is 18.3 Å². The lowest BCUT2D eigenvalue weighted by Gasteiger charge is -2.09. The van der Waals surface area contributed by atoms with Crippen molar-refractivity contribution >= 4 is 16.9 Å². The van der Waals surface area contributed by atoms with E-state index >= 15 is 0 Å². The van der Waals surface area contributed by atoms with Gasteiger partial charge in [-0.05, 0) is 36.8 Å². The van der Waals surface area contributed by atoms with Crippen LogP contribution in [0, 0.1) is 12.7 Å². The molecule has 0 atom stereocenters. The molecule has 1 aromatic heterocycles. The molecule has 3 aromatic carbocycles. The molecule has 0 spiro atoms. The second kappa shape index (κ2) is 7.12. The largest absolute Gasteiger partial charge is 0.460 e. The van der Waals surface area contributed by atoms with Crippen molar-refractivity contribution in [2.45, 2.75) is 6.92 Å². The highest BCUT2D eigenvalue weighted by Gasteiger charge is 2.16. The molecule has 28 heavy (non-hydrogen) atoms. The predicted octanol–water partition coefficient (Wildman–Crippen LogP) is 5.13. The van der Waals surface area contributed by atoms with Crippen molar-refractivity contribution in [2.75, 3.05) is 0 Å². The van der Waals surface area contributed by atoms with Crippen LogP contribution in [0.1, 0.15) is 16.1 Å². The van der Waals surface area contributed by atoms with Crippen molar-refractivity contribution in [1.82, 2.24) is 0 Å². The van der Waals surface area contributed by atoms with Gasteiger partial charge in [0.2, 0.25) is 5.43 Å². The number of benzene rings is 3. The number of carbonyl (C=O) groups excluding carboxylic acids is 1. The quantitative estimate of drug-likeness (QED) is 0.369. The van der Waals surface area contributed by atoms with Gasteiger partial charge >= 0.3 is 5.97 Å². The number of carbonyl (C=O) groups is 1. The topological polar surface area (TPSA) is 56.5 Å². The molecule has 0 aliphatic rings. The van der Waals surface area contributed by atoms with Crippen LogP contribution in [0.5, 0.6) is 5.75 Å². The summed E-state index contributed by atoms with van der Waals surface area (Å²) < 4.78 is 24.8. The Bertz CT molecular complexity index is 1240. The molecule has 5 heteroatoms. The highest BCUT2D eigenvalue weighted by atomic mass is 19.1. The van der Waals surface area contributed by atoms with Crippen LogP contribution < -0.4 is 10.2 Å². The van der Waals surface area contributed by atoms with Crippen LogP contribution in [0.25, 0.3) is 22.1 Å². The molecule has 0 bridgehead atoms. The van der Waals surface area contributed by atoms with Gasteiger partial charge in [0.15, 0.2) is 0 Å². The van der Waals surface area contributed by atoms with Crippen LogP contribution in [0.3, 0.4) is 0 Å². The summed E-state index contributed by atoms with van der Waals surface area (Å²) in [5, 5.41) is 0.371. The Morgan fingerprint density at radius 3 is 2.43 bits per heavy atom. The highest BCUT2D eigenvalue weighted by molar-refractivity contribution is 5.92. The van der Waals surface area contributed by atoms with E-state index in [0.29, 0.717) is 22.3 Å². The molecule has 0 aliphatic carbocycles. The third-order valence-electron chi connectivity index (χ3n) is 4.41. The van der Waals surface area contributed by atoms with E-state index in [1.807, 2.05) is 30.3 Å². The Balaban J connectivity index is 1.74. The van der Waals surface area contributed by atoms with Crippen molar-refractivity contribution in [3.05, 3.63) is 100 Å². The lowest BCUT2D eigenvalue weighted by Crippen LogP contribution is -2.11. The summed E-state index contributed by atoms with van der Waals surface area (Å²) in [6.45, 7) is 1.71. The fourth-order valence-corrected chi connectivity index (χ4v) is 3.08. The van der Waals surface area contributed by atoms with E-state index in [9.17, 15) is 14.0 Å². The minimum absolute atomic E-state index is 0.163. The van der Waals surface area contributed by atoms with Crippen molar-refractivity contribution in [3.8, 4) is 16.9 Å². The summed E-state index contributed by atoms with van der Waals surface area (Å²) in [4.78, 5) is 25.1. The van der Waals surface area contributed by atoms with E-state index in [1.54, 1.807) is 13.0 Å². The number of ether oxygens (including phenoxy) is 1. The Labute approximate surface area is 159 Å². The summed E-state index contributed by atoms with van der Waals surface area (Å²) >= 11 is 0. The molecular weight excluding hydrogens is 359 g/mol. The first-order valence-corrected chi connectivity index (χ1v) is 8.64. The number of esters is 1. The fraction of sp³-hybridized carbons (Fsp3) is 0.0435. The van der Waals surface area contributed by atoms with E-state index < -0.39 is 11.8 Å². The van der Waals surface area contributed by atoms with Crippen molar-refractivity contribution in [1.29, 1.82) is 0 Å². The van der Waals surface area contributed by atoms with Crippen molar-refractivity contribution in [3.63, 3.8) is 0 Å². The lowest BCUT2D eigenvalue weighted by atomic mass is 10.0. The normalized spacial score (nSPS) is 10.8. The standard InChI is InChI=1S/C23H15FO4/c1-14-21(15-7-3-2-4-8-15)22(25)18-12-11-16(13-20(18)27-14)28-23(26)17-9-5-6-10-19(17)24/h2-13H,1H3. The number of rotatable bonds is 3. The minimum atomic E-state index is -0.822. The second-order valence-corrected chi connectivity index (χ2v) is 6.26. The molecule has 0 N–H and O–H groups in total. The van der Waals surface area contributed by atoms with Crippen LogP contribution in [-0.4, -0.2) is 5.97 Å². The summed E-state index contributed by atoms with van der Waals surface area (Å²) in [5.41, 5.74) is 1.22. The first-order valence-electron chi connectivity index (χ1n) is 8.64.